The Morgan fingerprint density at radius 2 is 2.00 bits per heavy atom. The third-order valence-corrected chi connectivity index (χ3v) is 2.90. The Hall–Kier alpha value is -1.71. The largest absolute Gasteiger partial charge is 0.494 e. The third-order valence-electron chi connectivity index (χ3n) is 2.90. The van der Waals surface area contributed by atoms with Gasteiger partial charge in [0.25, 0.3) is 0 Å². The van der Waals surface area contributed by atoms with Crippen LogP contribution in [0.15, 0.2) is 18.2 Å². The van der Waals surface area contributed by atoms with E-state index in [-0.39, 0.29) is 11.8 Å². The molecule has 3 N–H and O–H groups in total. The first-order chi connectivity index (χ1) is 7.95. The van der Waals surface area contributed by atoms with E-state index in [2.05, 4.69) is 5.32 Å². The second-order valence-electron chi connectivity index (χ2n) is 4.48. The van der Waals surface area contributed by atoms with Gasteiger partial charge in [-0.3, -0.25) is 4.79 Å². The standard InChI is InChI=1S/C13H20N2O2/c1-8(2)9(3)13(16)15-11-6-5-10(14)7-12(11)17-4/h5-9H,14H2,1-4H3,(H,15,16). The van der Waals surface area contributed by atoms with Crippen LogP contribution in [0, 0.1) is 11.8 Å². The number of rotatable bonds is 4. The molecule has 0 bridgehead atoms. The van der Waals surface area contributed by atoms with Gasteiger partial charge < -0.3 is 15.8 Å². The van der Waals surface area contributed by atoms with Crippen LogP contribution in [0.25, 0.3) is 0 Å². The van der Waals surface area contributed by atoms with Crippen LogP contribution in [-0.4, -0.2) is 13.0 Å². The van der Waals surface area contributed by atoms with Crippen LogP contribution >= 0.6 is 0 Å². The van der Waals surface area contributed by atoms with Crippen LogP contribution in [-0.2, 0) is 4.79 Å². The summed E-state index contributed by atoms with van der Waals surface area (Å²) in [4.78, 5) is 11.9. The van der Waals surface area contributed by atoms with Gasteiger partial charge in [0, 0.05) is 17.7 Å². The second kappa shape index (κ2) is 5.57. The average molecular weight is 236 g/mol. The highest BCUT2D eigenvalue weighted by atomic mass is 16.5. The van der Waals surface area contributed by atoms with E-state index in [1.165, 1.54) is 0 Å². The Balaban J connectivity index is 2.84. The van der Waals surface area contributed by atoms with E-state index in [0.29, 0.717) is 23.0 Å². The second-order valence-corrected chi connectivity index (χ2v) is 4.48. The molecule has 1 atom stereocenters. The minimum atomic E-state index is -0.0442. The highest BCUT2D eigenvalue weighted by molar-refractivity contribution is 5.94. The fourth-order valence-corrected chi connectivity index (χ4v) is 1.36. The van der Waals surface area contributed by atoms with Gasteiger partial charge in [-0.1, -0.05) is 20.8 Å². The summed E-state index contributed by atoms with van der Waals surface area (Å²) in [5.74, 6) is 0.824. The SMILES string of the molecule is COc1cc(N)ccc1NC(=O)C(C)C(C)C. The zero-order valence-electron chi connectivity index (χ0n) is 10.8. The topological polar surface area (TPSA) is 64.3 Å². The van der Waals surface area contributed by atoms with Crippen molar-refractivity contribution < 1.29 is 9.53 Å². The maximum Gasteiger partial charge on any atom is 0.227 e. The maximum atomic E-state index is 11.9. The molecule has 0 aliphatic carbocycles. The normalized spacial score (nSPS) is 12.3. The number of amides is 1. The highest BCUT2D eigenvalue weighted by Gasteiger charge is 2.17. The number of ether oxygens (including phenoxy) is 1. The molecule has 0 aliphatic rings. The Morgan fingerprint density at radius 3 is 2.53 bits per heavy atom. The minimum absolute atomic E-state index is 0.0110. The van der Waals surface area contributed by atoms with E-state index in [1.807, 2.05) is 20.8 Å². The number of nitrogen functional groups attached to an aromatic ring is 1. The van der Waals surface area contributed by atoms with Gasteiger partial charge in [-0.15, -0.1) is 0 Å². The van der Waals surface area contributed by atoms with E-state index in [4.69, 9.17) is 10.5 Å². The number of carbonyl (C=O) groups excluding carboxylic acids is 1. The van der Waals surface area contributed by atoms with Crippen molar-refractivity contribution >= 4 is 17.3 Å². The van der Waals surface area contributed by atoms with Crippen molar-refractivity contribution in [2.75, 3.05) is 18.2 Å². The predicted octanol–water partition coefficient (Wildman–Crippen LogP) is 2.51. The summed E-state index contributed by atoms with van der Waals surface area (Å²) < 4.78 is 5.17. The summed E-state index contributed by atoms with van der Waals surface area (Å²) in [7, 11) is 1.55. The molecule has 1 aromatic rings. The quantitative estimate of drug-likeness (QED) is 0.789. The molecule has 0 radical (unpaired) electrons. The van der Waals surface area contributed by atoms with Crippen molar-refractivity contribution in [3.8, 4) is 5.75 Å². The van der Waals surface area contributed by atoms with Gasteiger partial charge in [-0.25, -0.2) is 0 Å². The molecule has 1 aromatic carbocycles. The lowest BCUT2D eigenvalue weighted by Crippen LogP contribution is -2.24. The number of anilines is 2. The van der Waals surface area contributed by atoms with Crippen LogP contribution in [0.3, 0.4) is 0 Å². The maximum absolute atomic E-state index is 11.9. The van der Waals surface area contributed by atoms with E-state index in [0.717, 1.165) is 0 Å². The third kappa shape index (κ3) is 3.37. The summed E-state index contributed by atoms with van der Waals surface area (Å²) in [6.45, 7) is 5.94. The number of methoxy groups -OCH3 is 1. The summed E-state index contributed by atoms with van der Waals surface area (Å²) in [5, 5.41) is 2.85. The van der Waals surface area contributed by atoms with Crippen LogP contribution < -0.4 is 15.8 Å². The van der Waals surface area contributed by atoms with Crippen molar-refractivity contribution in [3.05, 3.63) is 18.2 Å². The summed E-state index contributed by atoms with van der Waals surface area (Å²) >= 11 is 0. The predicted molar refractivity (Wildman–Crippen MR) is 70.0 cm³/mol. The van der Waals surface area contributed by atoms with Gasteiger partial charge in [0.15, 0.2) is 0 Å². The molecule has 1 rings (SSSR count). The molecule has 0 heterocycles. The van der Waals surface area contributed by atoms with Crippen molar-refractivity contribution in [2.45, 2.75) is 20.8 Å². The summed E-state index contributed by atoms with van der Waals surface area (Å²) in [6, 6.07) is 5.17. The Bertz CT molecular complexity index is 402. The van der Waals surface area contributed by atoms with Gasteiger partial charge >= 0.3 is 0 Å². The Labute approximate surface area is 102 Å². The molecule has 0 aromatic heterocycles. The lowest BCUT2D eigenvalue weighted by molar-refractivity contribution is -0.120. The number of carbonyl (C=O) groups is 1. The van der Waals surface area contributed by atoms with Crippen molar-refractivity contribution in [3.63, 3.8) is 0 Å². The first kappa shape index (κ1) is 13.4. The molecule has 0 aliphatic heterocycles. The molecule has 0 saturated carbocycles. The van der Waals surface area contributed by atoms with E-state index in [1.54, 1.807) is 25.3 Å². The van der Waals surface area contributed by atoms with Gasteiger partial charge in [0.05, 0.1) is 12.8 Å². The van der Waals surface area contributed by atoms with Crippen LogP contribution in [0.2, 0.25) is 0 Å². The number of nitrogens with two attached hydrogens (primary N) is 1. The summed E-state index contributed by atoms with van der Waals surface area (Å²) in [6.07, 6.45) is 0. The van der Waals surface area contributed by atoms with Gasteiger partial charge in [-0.05, 0) is 18.1 Å². The van der Waals surface area contributed by atoms with E-state index in [9.17, 15) is 4.79 Å². The van der Waals surface area contributed by atoms with Gasteiger partial charge in [-0.2, -0.15) is 0 Å². The molecule has 17 heavy (non-hydrogen) atoms. The molecule has 1 unspecified atom stereocenters. The molecule has 4 heteroatoms. The van der Waals surface area contributed by atoms with Crippen molar-refractivity contribution in [1.82, 2.24) is 0 Å². The monoisotopic (exact) mass is 236 g/mol. The molecule has 0 saturated heterocycles. The first-order valence-corrected chi connectivity index (χ1v) is 5.70. The van der Waals surface area contributed by atoms with Crippen LogP contribution in [0.5, 0.6) is 5.75 Å². The van der Waals surface area contributed by atoms with Crippen LogP contribution in [0.1, 0.15) is 20.8 Å². The number of nitrogens with one attached hydrogen (secondary N) is 1. The number of hydrogen-bond donors (Lipinski definition) is 2. The molecule has 0 fully saturated rings. The fraction of sp³-hybridized carbons (Fsp3) is 0.462. The van der Waals surface area contributed by atoms with Crippen molar-refractivity contribution in [2.24, 2.45) is 11.8 Å². The average Bonchev–Trinajstić information content (AvgIpc) is 2.30. The van der Waals surface area contributed by atoms with E-state index < -0.39 is 0 Å². The minimum Gasteiger partial charge on any atom is -0.494 e. The smallest absolute Gasteiger partial charge is 0.227 e. The Kier molecular flexibility index (Phi) is 4.37. The molecule has 94 valence electrons. The molecule has 4 nitrogen and oxygen atoms in total. The van der Waals surface area contributed by atoms with Gasteiger partial charge in [0.2, 0.25) is 5.91 Å². The van der Waals surface area contributed by atoms with Crippen LogP contribution in [0.4, 0.5) is 11.4 Å². The van der Waals surface area contributed by atoms with E-state index >= 15 is 0 Å². The highest BCUT2D eigenvalue weighted by Crippen LogP contribution is 2.27. The van der Waals surface area contributed by atoms with Crippen molar-refractivity contribution in [1.29, 1.82) is 0 Å². The van der Waals surface area contributed by atoms with Gasteiger partial charge in [0.1, 0.15) is 5.75 Å². The summed E-state index contributed by atoms with van der Waals surface area (Å²) in [5.41, 5.74) is 6.91. The Morgan fingerprint density at radius 1 is 1.35 bits per heavy atom. The zero-order valence-corrected chi connectivity index (χ0v) is 10.8. The lowest BCUT2D eigenvalue weighted by atomic mass is 9.97. The fourth-order valence-electron chi connectivity index (χ4n) is 1.36. The zero-order chi connectivity index (χ0) is 13.0. The molecule has 0 spiro atoms. The number of benzene rings is 1. The molecular formula is C13H20N2O2. The number of hydrogen-bond acceptors (Lipinski definition) is 3. The lowest BCUT2D eigenvalue weighted by Gasteiger charge is -2.17. The first-order valence-electron chi connectivity index (χ1n) is 5.70. The molecular weight excluding hydrogens is 216 g/mol. The molecule has 1 amide bonds.